The first-order valence-corrected chi connectivity index (χ1v) is 5.31. The average molecular weight is 225 g/mol. The third-order valence-corrected chi connectivity index (χ3v) is 2.76. The summed E-state index contributed by atoms with van der Waals surface area (Å²) in [6.45, 7) is 2.44. The fourth-order valence-corrected chi connectivity index (χ4v) is 1.90. The van der Waals surface area contributed by atoms with E-state index in [1.54, 1.807) is 0 Å². The summed E-state index contributed by atoms with van der Waals surface area (Å²) < 4.78 is 6.99. The van der Waals surface area contributed by atoms with Gasteiger partial charge in [0.1, 0.15) is 5.69 Å². The van der Waals surface area contributed by atoms with Crippen molar-refractivity contribution in [3.05, 3.63) is 27.0 Å². The Morgan fingerprint density at radius 3 is 2.94 bits per heavy atom. The highest BCUT2D eigenvalue weighted by Crippen LogP contribution is 2.19. The highest BCUT2D eigenvalue weighted by molar-refractivity contribution is 5.30. The highest BCUT2D eigenvalue weighted by Gasteiger charge is 2.22. The summed E-state index contributed by atoms with van der Waals surface area (Å²) in [5.74, 6) is 0. The fraction of sp³-hybridized carbons (Fsp3) is 0.600. The number of nitrogen functional groups attached to an aromatic ring is 1. The van der Waals surface area contributed by atoms with Crippen molar-refractivity contribution >= 4 is 5.69 Å². The maximum Gasteiger partial charge on any atom is 0.328 e. The maximum atomic E-state index is 11.5. The van der Waals surface area contributed by atoms with Gasteiger partial charge in [-0.25, -0.2) is 4.79 Å². The average Bonchev–Trinajstić information content (AvgIpc) is 2.60. The number of H-pyrrole nitrogens is 1. The predicted molar refractivity (Wildman–Crippen MR) is 59.3 cm³/mol. The summed E-state index contributed by atoms with van der Waals surface area (Å²) in [7, 11) is 0. The molecule has 1 saturated heterocycles. The van der Waals surface area contributed by atoms with Crippen LogP contribution in [-0.4, -0.2) is 21.8 Å². The van der Waals surface area contributed by atoms with E-state index >= 15 is 0 Å². The second kappa shape index (κ2) is 4.13. The molecule has 88 valence electrons. The summed E-state index contributed by atoms with van der Waals surface area (Å²) in [6.07, 6.45) is 3.55. The van der Waals surface area contributed by atoms with E-state index in [0.717, 1.165) is 12.8 Å². The molecule has 2 unspecified atom stereocenters. The number of aromatic nitrogens is 2. The third-order valence-electron chi connectivity index (χ3n) is 2.76. The van der Waals surface area contributed by atoms with Crippen LogP contribution in [0.25, 0.3) is 0 Å². The van der Waals surface area contributed by atoms with Crippen molar-refractivity contribution in [1.29, 1.82) is 0 Å². The largest absolute Gasteiger partial charge is 0.393 e. The fourth-order valence-electron chi connectivity index (χ4n) is 1.90. The first kappa shape index (κ1) is 10.9. The molecule has 2 heterocycles. The Kier molecular flexibility index (Phi) is 2.82. The van der Waals surface area contributed by atoms with E-state index in [9.17, 15) is 9.59 Å². The molecule has 1 aliphatic rings. The molecule has 1 aliphatic heterocycles. The zero-order chi connectivity index (χ0) is 11.7. The Labute approximate surface area is 92.0 Å². The molecule has 1 aromatic rings. The van der Waals surface area contributed by atoms with E-state index in [4.69, 9.17) is 10.5 Å². The maximum absolute atomic E-state index is 11.5. The van der Waals surface area contributed by atoms with Crippen LogP contribution in [0, 0.1) is 0 Å². The third kappa shape index (κ3) is 2.16. The second-order valence-electron chi connectivity index (χ2n) is 4.14. The zero-order valence-electron chi connectivity index (χ0n) is 9.10. The van der Waals surface area contributed by atoms with Gasteiger partial charge in [0.15, 0.2) is 0 Å². The van der Waals surface area contributed by atoms with Crippen LogP contribution in [0.2, 0.25) is 0 Å². The van der Waals surface area contributed by atoms with Crippen LogP contribution in [0.15, 0.2) is 15.8 Å². The first-order valence-electron chi connectivity index (χ1n) is 5.31. The Balaban J connectivity index is 2.19. The van der Waals surface area contributed by atoms with Crippen molar-refractivity contribution < 1.29 is 4.74 Å². The number of rotatable bonds is 2. The van der Waals surface area contributed by atoms with Gasteiger partial charge in [0.25, 0.3) is 5.56 Å². The highest BCUT2D eigenvalue weighted by atomic mass is 16.5. The minimum Gasteiger partial charge on any atom is -0.393 e. The van der Waals surface area contributed by atoms with Gasteiger partial charge in [0.2, 0.25) is 0 Å². The molecule has 0 aliphatic carbocycles. The molecule has 0 amide bonds. The molecule has 0 radical (unpaired) electrons. The number of hydrogen-bond donors (Lipinski definition) is 2. The van der Waals surface area contributed by atoms with Gasteiger partial charge in [-0.15, -0.1) is 0 Å². The minimum absolute atomic E-state index is 0.0259. The molecule has 0 saturated carbocycles. The lowest BCUT2D eigenvalue weighted by atomic mass is 10.2. The SMILES string of the molecule is CC1CCC(Cn2cc(N)c(=O)[nH]c2=O)O1. The van der Waals surface area contributed by atoms with Gasteiger partial charge in [-0.2, -0.15) is 0 Å². The Morgan fingerprint density at radius 1 is 1.56 bits per heavy atom. The molecule has 3 N–H and O–H groups in total. The first-order chi connectivity index (χ1) is 7.56. The molecule has 1 fully saturated rings. The number of nitrogens with zero attached hydrogens (tertiary/aromatic N) is 1. The van der Waals surface area contributed by atoms with Gasteiger partial charge in [-0.3, -0.25) is 14.3 Å². The van der Waals surface area contributed by atoms with E-state index in [-0.39, 0.29) is 17.9 Å². The van der Waals surface area contributed by atoms with Crippen molar-refractivity contribution in [3.8, 4) is 0 Å². The number of nitrogens with one attached hydrogen (secondary N) is 1. The summed E-state index contributed by atoms with van der Waals surface area (Å²) in [5.41, 5.74) is 4.51. The smallest absolute Gasteiger partial charge is 0.328 e. The Bertz CT molecular complexity index is 491. The van der Waals surface area contributed by atoms with Crippen molar-refractivity contribution in [2.45, 2.75) is 38.5 Å². The molecule has 1 aromatic heterocycles. The van der Waals surface area contributed by atoms with E-state index in [2.05, 4.69) is 4.98 Å². The molecule has 0 spiro atoms. The molecular weight excluding hydrogens is 210 g/mol. The lowest BCUT2D eigenvalue weighted by molar-refractivity contribution is 0.0450. The lowest BCUT2D eigenvalue weighted by Gasteiger charge is -2.12. The van der Waals surface area contributed by atoms with Crippen LogP contribution < -0.4 is 17.0 Å². The molecule has 2 rings (SSSR count). The van der Waals surface area contributed by atoms with Gasteiger partial charge in [0.05, 0.1) is 18.8 Å². The Hall–Kier alpha value is -1.56. The normalized spacial score (nSPS) is 24.8. The van der Waals surface area contributed by atoms with Crippen molar-refractivity contribution in [1.82, 2.24) is 9.55 Å². The van der Waals surface area contributed by atoms with Crippen molar-refractivity contribution in [2.75, 3.05) is 5.73 Å². The van der Waals surface area contributed by atoms with E-state index in [1.165, 1.54) is 10.8 Å². The van der Waals surface area contributed by atoms with Gasteiger partial charge in [-0.1, -0.05) is 0 Å². The standard InChI is InChI=1S/C10H15N3O3/c1-6-2-3-7(16-6)4-13-5-8(11)9(14)12-10(13)15/h5-7H,2-4,11H2,1H3,(H,12,14,15). The minimum atomic E-state index is -0.540. The monoisotopic (exact) mass is 225 g/mol. The number of aromatic amines is 1. The van der Waals surface area contributed by atoms with Crippen LogP contribution in [0.5, 0.6) is 0 Å². The van der Waals surface area contributed by atoms with E-state index in [1.807, 2.05) is 6.92 Å². The lowest BCUT2D eigenvalue weighted by Crippen LogP contribution is -2.33. The van der Waals surface area contributed by atoms with Crippen molar-refractivity contribution in [2.24, 2.45) is 0 Å². The van der Waals surface area contributed by atoms with Gasteiger partial charge in [-0.05, 0) is 19.8 Å². The number of hydrogen-bond acceptors (Lipinski definition) is 4. The summed E-state index contributed by atoms with van der Waals surface area (Å²) >= 11 is 0. The molecular formula is C10H15N3O3. The van der Waals surface area contributed by atoms with Crippen LogP contribution >= 0.6 is 0 Å². The molecule has 0 aromatic carbocycles. The van der Waals surface area contributed by atoms with Gasteiger partial charge < -0.3 is 10.5 Å². The Morgan fingerprint density at radius 2 is 2.31 bits per heavy atom. The quantitative estimate of drug-likeness (QED) is 0.722. The molecule has 2 atom stereocenters. The molecule has 16 heavy (non-hydrogen) atoms. The van der Waals surface area contributed by atoms with E-state index < -0.39 is 11.2 Å². The number of ether oxygens (including phenoxy) is 1. The summed E-state index contributed by atoms with van der Waals surface area (Å²) in [4.78, 5) is 24.7. The van der Waals surface area contributed by atoms with E-state index in [0.29, 0.717) is 6.54 Å². The van der Waals surface area contributed by atoms with Crippen LogP contribution in [0.4, 0.5) is 5.69 Å². The van der Waals surface area contributed by atoms with Crippen LogP contribution in [0.1, 0.15) is 19.8 Å². The number of anilines is 1. The molecule has 6 heteroatoms. The van der Waals surface area contributed by atoms with Crippen molar-refractivity contribution in [3.63, 3.8) is 0 Å². The van der Waals surface area contributed by atoms with Gasteiger partial charge >= 0.3 is 5.69 Å². The predicted octanol–water partition coefficient (Wildman–Crippen LogP) is -0.314. The van der Waals surface area contributed by atoms with Gasteiger partial charge in [0, 0.05) is 6.20 Å². The van der Waals surface area contributed by atoms with Crippen LogP contribution in [0.3, 0.4) is 0 Å². The number of nitrogens with two attached hydrogens (primary N) is 1. The molecule has 6 nitrogen and oxygen atoms in total. The topological polar surface area (TPSA) is 90.1 Å². The zero-order valence-corrected chi connectivity index (χ0v) is 9.10. The second-order valence-corrected chi connectivity index (χ2v) is 4.14. The van der Waals surface area contributed by atoms with Crippen LogP contribution in [-0.2, 0) is 11.3 Å². The summed E-state index contributed by atoms with van der Waals surface area (Å²) in [6, 6.07) is 0. The summed E-state index contributed by atoms with van der Waals surface area (Å²) in [5, 5.41) is 0. The molecule has 0 bridgehead atoms.